The largest absolute Gasteiger partial charge is 0.486 e. The van der Waals surface area contributed by atoms with Crippen molar-refractivity contribution in [2.45, 2.75) is 26.9 Å². The van der Waals surface area contributed by atoms with Crippen LogP contribution in [0.15, 0.2) is 66.2 Å². The van der Waals surface area contributed by atoms with Crippen LogP contribution in [0.2, 0.25) is 10.0 Å². The lowest BCUT2D eigenvalue weighted by molar-refractivity contribution is -0.112. The smallest absolute Gasteiger partial charge is 0.266 e. The van der Waals surface area contributed by atoms with Crippen molar-refractivity contribution in [3.05, 3.63) is 98.5 Å². The van der Waals surface area contributed by atoms with Gasteiger partial charge in [-0.1, -0.05) is 72.1 Å². The average molecular weight is 465 g/mol. The molecule has 0 aliphatic heterocycles. The second-order valence-corrected chi connectivity index (χ2v) is 8.08. The zero-order valence-corrected chi connectivity index (χ0v) is 19.3. The molecule has 0 bridgehead atoms. The van der Waals surface area contributed by atoms with Crippen LogP contribution in [0.5, 0.6) is 5.75 Å². The first kappa shape index (κ1) is 23.4. The molecule has 6 heteroatoms. The number of rotatable bonds is 7. The Labute approximate surface area is 198 Å². The Morgan fingerprint density at radius 2 is 1.75 bits per heavy atom. The van der Waals surface area contributed by atoms with Gasteiger partial charge >= 0.3 is 0 Å². The van der Waals surface area contributed by atoms with Gasteiger partial charge in [0.15, 0.2) is 5.75 Å². The fourth-order valence-corrected chi connectivity index (χ4v) is 3.71. The molecule has 0 radical (unpaired) electrons. The Morgan fingerprint density at radius 1 is 1.06 bits per heavy atom. The van der Waals surface area contributed by atoms with Crippen LogP contribution in [0.25, 0.3) is 6.08 Å². The molecule has 32 heavy (non-hydrogen) atoms. The van der Waals surface area contributed by atoms with Gasteiger partial charge in [0.2, 0.25) is 0 Å². The molecule has 0 aromatic heterocycles. The fraction of sp³-hybridized carbons (Fsp3) is 0.154. The summed E-state index contributed by atoms with van der Waals surface area (Å²) < 4.78 is 5.81. The molecule has 0 heterocycles. The van der Waals surface area contributed by atoms with E-state index in [0.717, 1.165) is 23.1 Å². The molecule has 0 atom stereocenters. The van der Waals surface area contributed by atoms with Crippen molar-refractivity contribution >= 4 is 40.9 Å². The zero-order chi connectivity index (χ0) is 23.1. The summed E-state index contributed by atoms with van der Waals surface area (Å²) >= 11 is 12.7. The molecular weight excluding hydrogens is 443 g/mol. The highest BCUT2D eigenvalue weighted by atomic mass is 35.5. The summed E-state index contributed by atoms with van der Waals surface area (Å²) in [5.74, 6) is -0.158. The van der Waals surface area contributed by atoms with Gasteiger partial charge in [0.25, 0.3) is 5.91 Å². The predicted octanol–water partition coefficient (Wildman–Crippen LogP) is 6.99. The van der Waals surface area contributed by atoms with Crippen LogP contribution in [0, 0.1) is 18.3 Å². The number of benzene rings is 3. The zero-order valence-electron chi connectivity index (χ0n) is 17.8. The third kappa shape index (κ3) is 6.13. The van der Waals surface area contributed by atoms with Crippen LogP contribution in [-0.4, -0.2) is 5.91 Å². The van der Waals surface area contributed by atoms with E-state index < -0.39 is 5.91 Å². The molecule has 0 saturated carbocycles. The van der Waals surface area contributed by atoms with E-state index in [1.165, 1.54) is 6.08 Å². The molecule has 3 aromatic rings. The number of ether oxygens (including phenoxy) is 1. The second-order valence-electron chi connectivity index (χ2n) is 7.27. The van der Waals surface area contributed by atoms with E-state index in [4.69, 9.17) is 27.9 Å². The van der Waals surface area contributed by atoms with Crippen LogP contribution < -0.4 is 10.1 Å². The highest BCUT2D eigenvalue weighted by molar-refractivity contribution is 6.37. The van der Waals surface area contributed by atoms with E-state index in [9.17, 15) is 10.1 Å². The number of carbonyl (C=O) groups excluding carboxylic acids is 1. The number of nitrogens with zero attached hydrogens (tertiary/aromatic N) is 1. The molecule has 4 nitrogen and oxygen atoms in total. The van der Waals surface area contributed by atoms with E-state index in [0.29, 0.717) is 33.7 Å². The monoisotopic (exact) mass is 464 g/mol. The Morgan fingerprint density at radius 3 is 2.34 bits per heavy atom. The Balaban J connectivity index is 1.75. The maximum atomic E-state index is 12.5. The highest BCUT2D eigenvalue weighted by Gasteiger charge is 2.13. The lowest BCUT2D eigenvalue weighted by atomic mass is 10.1. The number of anilines is 1. The number of hydrogen-bond donors (Lipinski definition) is 1. The molecule has 0 unspecified atom stereocenters. The Hall–Kier alpha value is -3.26. The van der Waals surface area contributed by atoms with Gasteiger partial charge in [-0.3, -0.25) is 4.79 Å². The standard InChI is InChI=1S/C26H22Cl2N2O2/c1-3-18-7-9-22(10-8-18)30-26(31)21(15-29)12-20-13-23(27)25(24(28)14-20)32-16-19-6-4-5-17(2)11-19/h4-14H,3,16H2,1-2H3,(H,30,31)/b21-12+. The highest BCUT2D eigenvalue weighted by Crippen LogP contribution is 2.35. The summed E-state index contributed by atoms with van der Waals surface area (Å²) in [6, 6.07) is 20.6. The maximum absolute atomic E-state index is 12.5. The van der Waals surface area contributed by atoms with Gasteiger partial charge in [-0.15, -0.1) is 0 Å². The average Bonchev–Trinajstić information content (AvgIpc) is 2.77. The van der Waals surface area contributed by atoms with Crippen molar-refractivity contribution in [2.75, 3.05) is 5.32 Å². The summed E-state index contributed by atoms with van der Waals surface area (Å²) in [7, 11) is 0. The molecule has 0 saturated heterocycles. The third-order valence-electron chi connectivity index (χ3n) is 4.78. The first-order valence-electron chi connectivity index (χ1n) is 10.1. The molecule has 162 valence electrons. The van der Waals surface area contributed by atoms with Crippen molar-refractivity contribution in [1.82, 2.24) is 0 Å². The molecule has 1 N–H and O–H groups in total. The molecule has 1 amide bonds. The SMILES string of the molecule is CCc1ccc(NC(=O)/C(C#N)=C/c2cc(Cl)c(OCc3cccc(C)c3)c(Cl)c2)cc1. The summed E-state index contributed by atoms with van der Waals surface area (Å²) in [5.41, 5.74) is 4.36. The lowest BCUT2D eigenvalue weighted by Gasteiger charge is -2.12. The first-order chi connectivity index (χ1) is 15.4. The van der Waals surface area contributed by atoms with Gasteiger partial charge < -0.3 is 10.1 Å². The van der Waals surface area contributed by atoms with Gasteiger partial charge in [-0.05, 0) is 60.4 Å². The van der Waals surface area contributed by atoms with Crippen molar-refractivity contribution in [2.24, 2.45) is 0 Å². The van der Waals surface area contributed by atoms with Gasteiger partial charge in [-0.25, -0.2) is 0 Å². The van der Waals surface area contributed by atoms with Crippen molar-refractivity contribution in [3.8, 4) is 11.8 Å². The van der Waals surface area contributed by atoms with E-state index in [-0.39, 0.29) is 5.57 Å². The molecule has 0 aliphatic rings. The minimum Gasteiger partial charge on any atom is -0.486 e. The lowest BCUT2D eigenvalue weighted by Crippen LogP contribution is -2.13. The topological polar surface area (TPSA) is 62.1 Å². The summed E-state index contributed by atoms with van der Waals surface area (Å²) in [5, 5.41) is 12.8. The third-order valence-corrected chi connectivity index (χ3v) is 5.34. The summed E-state index contributed by atoms with van der Waals surface area (Å²) in [6.07, 6.45) is 2.35. The summed E-state index contributed by atoms with van der Waals surface area (Å²) in [6.45, 7) is 4.38. The van der Waals surface area contributed by atoms with Gasteiger partial charge in [-0.2, -0.15) is 5.26 Å². The number of nitrogens with one attached hydrogen (secondary N) is 1. The van der Waals surface area contributed by atoms with Crippen molar-refractivity contribution in [3.63, 3.8) is 0 Å². The van der Waals surface area contributed by atoms with Crippen molar-refractivity contribution in [1.29, 1.82) is 5.26 Å². The molecule has 3 aromatic carbocycles. The number of halogens is 2. The summed E-state index contributed by atoms with van der Waals surface area (Å²) in [4.78, 5) is 12.5. The van der Waals surface area contributed by atoms with Gasteiger partial charge in [0.1, 0.15) is 18.2 Å². The molecular formula is C26H22Cl2N2O2. The van der Waals surface area contributed by atoms with E-state index >= 15 is 0 Å². The van der Waals surface area contributed by atoms with Crippen LogP contribution in [0.3, 0.4) is 0 Å². The number of hydrogen-bond acceptors (Lipinski definition) is 3. The Kier molecular flexibility index (Phi) is 7.94. The molecule has 0 fully saturated rings. The quantitative estimate of drug-likeness (QED) is 0.302. The van der Waals surface area contributed by atoms with E-state index in [1.54, 1.807) is 24.3 Å². The second kappa shape index (κ2) is 10.9. The normalized spacial score (nSPS) is 11.0. The number of aryl methyl sites for hydroxylation is 2. The first-order valence-corrected chi connectivity index (χ1v) is 10.8. The van der Waals surface area contributed by atoms with Crippen LogP contribution in [-0.2, 0) is 17.8 Å². The molecule has 0 spiro atoms. The minimum atomic E-state index is -0.510. The van der Waals surface area contributed by atoms with E-state index in [1.807, 2.05) is 49.4 Å². The van der Waals surface area contributed by atoms with Crippen molar-refractivity contribution < 1.29 is 9.53 Å². The molecule has 0 aliphatic carbocycles. The Bertz CT molecular complexity index is 1170. The fourth-order valence-electron chi connectivity index (χ4n) is 3.10. The van der Waals surface area contributed by atoms with Crippen LogP contribution >= 0.6 is 23.2 Å². The minimum absolute atomic E-state index is 0.0647. The number of nitriles is 1. The van der Waals surface area contributed by atoms with Crippen LogP contribution in [0.4, 0.5) is 5.69 Å². The predicted molar refractivity (Wildman–Crippen MR) is 130 cm³/mol. The number of amides is 1. The number of carbonyl (C=O) groups is 1. The van der Waals surface area contributed by atoms with Gasteiger partial charge in [0, 0.05) is 5.69 Å². The van der Waals surface area contributed by atoms with E-state index in [2.05, 4.69) is 12.2 Å². The van der Waals surface area contributed by atoms with Crippen LogP contribution in [0.1, 0.15) is 29.2 Å². The molecule has 3 rings (SSSR count). The van der Waals surface area contributed by atoms with Gasteiger partial charge in [0.05, 0.1) is 10.0 Å². The maximum Gasteiger partial charge on any atom is 0.266 e.